The highest BCUT2D eigenvalue weighted by Gasteiger charge is 2.28. The number of hydrogen-bond donors (Lipinski definition) is 1. The quantitative estimate of drug-likeness (QED) is 0.546. The van der Waals surface area contributed by atoms with Crippen molar-refractivity contribution in [1.82, 2.24) is 0 Å². The Morgan fingerprint density at radius 3 is 2.27 bits per heavy atom. The van der Waals surface area contributed by atoms with Gasteiger partial charge in [0.15, 0.2) is 0 Å². The molecule has 0 heterocycles. The standard InChI is InChI=1S/C9H21O5P/c1-5-6-12-7-8-13-15(10,11)14-9(2,3)4/h5-8H2,1-4H3,(H,10,11). The molecule has 0 spiro atoms. The van der Waals surface area contributed by atoms with Gasteiger partial charge in [-0.1, -0.05) is 6.92 Å². The second-order valence-electron chi connectivity index (χ2n) is 4.12. The van der Waals surface area contributed by atoms with E-state index < -0.39 is 13.4 Å². The summed E-state index contributed by atoms with van der Waals surface area (Å²) in [5.74, 6) is 0. The molecule has 0 aromatic carbocycles. The molecule has 0 aromatic heterocycles. The third kappa shape index (κ3) is 10.4. The van der Waals surface area contributed by atoms with Crippen LogP contribution in [0.1, 0.15) is 34.1 Å². The number of ether oxygens (including phenoxy) is 1. The Kier molecular flexibility index (Phi) is 6.64. The highest BCUT2D eigenvalue weighted by Crippen LogP contribution is 2.46. The Hall–Kier alpha value is 0.0700. The van der Waals surface area contributed by atoms with E-state index in [-0.39, 0.29) is 6.61 Å². The van der Waals surface area contributed by atoms with Crippen LogP contribution in [0.3, 0.4) is 0 Å². The Balaban J connectivity index is 3.70. The van der Waals surface area contributed by atoms with E-state index in [1.165, 1.54) is 0 Å². The molecule has 0 aromatic rings. The second kappa shape index (κ2) is 6.61. The summed E-state index contributed by atoms with van der Waals surface area (Å²) >= 11 is 0. The van der Waals surface area contributed by atoms with Crippen molar-refractivity contribution in [3.8, 4) is 0 Å². The normalized spacial score (nSPS) is 16.3. The zero-order chi connectivity index (χ0) is 11.9. The van der Waals surface area contributed by atoms with Gasteiger partial charge < -0.3 is 9.63 Å². The van der Waals surface area contributed by atoms with Crippen LogP contribution in [-0.2, 0) is 18.3 Å². The van der Waals surface area contributed by atoms with Crippen molar-refractivity contribution in [1.29, 1.82) is 0 Å². The maximum Gasteiger partial charge on any atom is 0.472 e. The molecule has 15 heavy (non-hydrogen) atoms. The number of phosphoric ester groups is 1. The molecule has 0 saturated heterocycles. The SMILES string of the molecule is CCCOCCOP(=O)(O)OC(C)(C)C. The maximum absolute atomic E-state index is 11.3. The summed E-state index contributed by atoms with van der Waals surface area (Å²) in [6.45, 7) is 8.03. The Bertz CT molecular complexity index is 211. The molecule has 5 nitrogen and oxygen atoms in total. The zero-order valence-corrected chi connectivity index (χ0v) is 10.8. The third-order valence-corrected chi connectivity index (χ3v) is 2.51. The van der Waals surface area contributed by atoms with Crippen LogP contribution < -0.4 is 0 Å². The van der Waals surface area contributed by atoms with Gasteiger partial charge >= 0.3 is 7.82 Å². The first-order chi connectivity index (χ1) is 6.77. The summed E-state index contributed by atoms with van der Waals surface area (Å²) in [5.41, 5.74) is -0.700. The van der Waals surface area contributed by atoms with Gasteiger partial charge in [-0.05, 0) is 27.2 Å². The fraction of sp³-hybridized carbons (Fsp3) is 1.00. The van der Waals surface area contributed by atoms with Gasteiger partial charge in [0.05, 0.1) is 18.8 Å². The van der Waals surface area contributed by atoms with Crippen LogP contribution in [0, 0.1) is 0 Å². The molecule has 1 unspecified atom stereocenters. The van der Waals surface area contributed by atoms with E-state index in [4.69, 9.17) is 13.8 Å². The molecule has 92 valence electrons. The summed E-state index contributed by atoms with van der Waals surface area (Å²) in [6.07, 6.45) is 0.912. The minimum Gasteiger partial charge on any atom is -0.379 e. The van der Waals surface area contributed by atoms with Crippen molar-refractivity contribution in [2.24, 2.45) is 0 Å². The van der Waals surface area contributed by atoms with Crippen LogP contribution in [0.4, 0.5) is 0 Å². The van der Waals surface area contributed by atoms with Crippen molar-refractivity contribution < 1.29 is 23.2 Å². The summed E-state index contributed by atoms with van der Waals surface area (Å²) in [4.78, 5) is 9.26. The molecular weight excluding hydrogens is 219 g/mol. The lowest BCUT2D eigenvalue weighted by Gasteiger charge is -2.22. The molecule has 0 amide bonds. The molecule has 0 aliphatic rings. The molecule has 0 bridgehead atoms. The first-order valence-corrected chi connectivity index (χ1v) is 6.52. The molecular formula is C9H21O5P. The smallest absolute Gasteiger partial charge is 0.379 e. The summed E-state index contributed by atoms with van der Waals surface area (Å²) < 4.78 is 26.0. The lowest BCUT2D eigenvalue weighted by molar-refractivity contribution is 0.0411. The van der Waals surface area contributed by atoms with E-state index in [0.717, 1.165) is 6.42 Å². The second-order valence-corrected chi connectivity index (χ2v) is 5.50. The largest absolute Gasteiger partial charge is 0.472 e. The van der Waals surface area contributed by atoms with Crippen LogP contribution >= 0.6 is 7.82 Å². The molecule has 0 radical (unpaired) electrons. The van der Waals surface area contributed by atoms with E-state index >= 15 is 0 Å². The predicted octanol–water partition coefficient (Wildman–Crippen LogP) is 2.35. The van der Waals surface area contributed by atoms with Gasteiger partial charge in [0.1, 0.15) is 0 Å². The first-order valence-electron chi connectivity index (χ1n) is 5.02. The van der Waals surface area contributed by atoms with Gasteiger partial charge in [0.2, 0.25) is 0 Å². The average Bonchev–Trinajstić information content (AvgIpc) is 1.99. The average molecular weight is 240 g/mol. The minimum atomic E-state index is -3.94. The predicted molar refractivity (Wildman–Crippen MR) is 57.7 cm³/mol. The zero-order valence-electron chi connectivity index (χ0n) is 9.86. The van der Waals surface area contributed by atoms with Crippen molar-refractivity contribution in [3.63, 3.8) is 0 Å². The molecule has 0 fully saturated rings. The lowest BCUT2D eigenvalue weighted by Crippen LogP contribution is -2.18. The minimum absolute atomic E-state index is 0.0594. The van der Waals surface area contributed by atoms with Gasteiger partial charge in [0, 0.05) is 6.61 Å². The summed E-state index contributed by atoms with van der Waals surface area (Å²) in [7, 11) is -3.94. The van der Waals surface area contributed by atoms with Crippen LogP contribution in [0.5, 0.6) is 0 Å². The lowest BCUT2D eigenvalue weighted by atomic mass is 10.2. The molecule has 0 aliphatic heterocycles. The van der Waals surface area contributed by atoms with E-state index in [2.05, 4.69) is 0 Å². The fourth-order valence-electron chi connectivity index (χ4n) is 0.830. The van der Waals surface area contributed by atoms with Crippen LogP contribution in [0.15, 0.2) is 0 Å². The van der Waals surface area contributed by atoms with Gasteiger partial charge in [0.25, 0.3) is 0 Å². The van der Waals surface area contributed by atoms with Crippen molar-refractivity contribution in [2.75, 3.05) is 19.8 Å². The van der Waals surface area contributed by atoms with Crippen LogP contribution in [0.25, 0.3) is 0 Å². The van der Waals surface area contributed by atoms with Crippen molar-refractivity contribution >= 4 is 7.82 Å². The highest BCUT2D eigenvalue weighted by molar-refractivity contribution is 7.47. The summed E-state index contributed by atoms with van der Waals surface area (Å²) in [5, 5.41) is 0. The molecule has 0 rings (SSSR count). The maximum atomic E-state index is 11.3. The Labute approximate surface area is 91.3 Å². The van der Waals surface area contributed by atoms with Crippen LogP contribution in [-0.4, -0.2) is 30.3 Å². The number of phosphoric acid groups is 1. The van der Waals surface area contributed by atoms with Gasteiger partial charge in [-0.25, -0.2) is 4.57 Å². The Morgan fingerprint density at radius 2 is 1.80 bits per heavy atom. The first kappa shape index (κ1) is 15.1. The topological polar surface area (TPSA) is 65.0 Å². The third-order valence-electron chi connectivity index (χ3n) is 1.22. The van der Waals surface area contributed by atoms with Crippen molar-refractivity contribution in [2.45, 2.75) is 39.7 Å². The molecule has 6 heteroatoms. The van der Waals surface area contributed by atoms with Gasteiger partial charge in [-0.15, -0.1) is 0 Å². The number of hydrogen-bond acceptors (Lipinski definition) is 4. The van der Waals surface area contributed by atoms with Crippen molar-refractivity contribution in [3.05, 3.63) is 0 Å². The van der Waals surface area contributed by atoms with Crippen LogP contribution in [0.2, 0.25) is 0 Å². The number of rotatable bonds is 7. The Morgan fingerprint density at radius 1 is 1.20 bits per heavy atom. The summed E-state index contributed by atoms with van der Waals surface area (Å²) in [6, 6.07) is 0. The van der Waals surface area contributed by atoms with E-state index in [9.17, 15) is 9.46 Å². The monoisotopic (exact) mass is 240 g/mol. The molecule has 1 atom stereocenters. The molecule has 0 aliphatic carbocycles. The fourth-order valence-corrected chi connectivity index (χ4v) is 1.88. The van der Waals surface area contributed by atoms with Gasteiger partial charge in [-0.3, -0.25) is 9.05 Å². The van der Waals surface area contributed by atoms with Gasteiger partial charge in [-0.2, -0.15) is 0 Å². The molecule has 0 saturated carbocycles. The van der Waals surface area contributed by atoms with E-state index in [1.54, 1.807) is 20.8 Å². The molecule has 1 N–H and O–H groups in total. The van der Waals surface area contributed by atoms with E-state index in [1.807, 2.05) is 6.92 Å². The van der Waals surface area contributed by atoms with E-state index in [0.29, 0.717) is 13.2 Å². The highest BCUT2D eigenvalue weighted by atomic mass is 31.2.